The summed E-state index contributed by atoms with van der Waals surface area (Å²) in [5.41, 5.74) is 4.30. The molecule has 168 valence electrons. The molecular formula is C26H30N2O4. The molecule has 0 aliphatic carbocycles. The molecule has 32 heavy (non-hydrogen) atoms. The molecule has 2 amide bonds. The Balaban J connectivity index is 1.81. The Bertz CT molecular complexity index is 1080. The Labute approximate surface area is 189 Å². The van der Waals surface area contributed by atoms with Crippen molar-refractivity contribution in [3.05, 3.63) is 64.9 Å². The minimum absolute atomic E-state index is 0.0744. The van der Waals surface area contributed by atoms with Gasteiger partial charge in [0.15, 0.2) is 0 Å². The molecule has 1 unspecified atom stereocenters. The second-order valence-electron chi connectivity index (χ2n) is 8.54. The number of aliphatic hydroxyl groups excluding tert-OH is 1. The maximum Gasteiger partial charge on any atom is 0.282 e. The number of carbonyl (C=O) groups is 2. The second kappa shape index (κ2) is 9.17. The zero-order valence-corrected chi connectivity index (χ0v) is 18.9. The fourth-order valence-corrected chi connectivity index (χ4v) is 4.50. The quantitative estimate of drug-likeness (QED) is 0.703. The number of piperidine rings is 1. The molecule has 2 aromatic rings. The van der Waals surface area contributed by atoms with Gasteiger partial charge in [-0.1, -0.05) is 24.3 Å². The van der Waals surface area contributed by atoms with E-state index in [-0.39, 0.29) is 24.3 Å². The van der Waals surface area contributed by atoms with E-state index in [4.69, 9.17) is 4.74 Å². The molecule has 2 heterocycles. The number of nitrogens with zero attached hydrogens (tertiary/aromatic N) is 2. The topological polar surface area (TPSA) is 70.1 Å². The van der Waals surface area contributed by atoms with Gasteiger partial charge in [0, 0.05) is 25.8 Å². The summed E-state index contributed by atoms with van der Waals surface area (Å²) >= 11 is 0. The van der Waals surface area contributed by atoms with Crippen molar-refractivity contribution in [2.24, 2.45) is 5.92 Å². The average molecular weight is 435 g/mol. The fourth-order valence-electron chi connectivity index (χ4n) is 4.50. The highest BCUT2D eigenvalue weighted by atomic mass is 16.5. The summed E-state index contributed by atoms with van der Waals surface area (Å²) < 4.78 is 5.59. The highest BCUT2D eigenvalue weighted by molar-refractivity contribution is 6.45. The molecule has 6 heteroatoms. The van der Waals surface area contributed by atoms with E-state index >= 15 is 0 Å². The van der Waals surface area contributed by atoms with Crippen molar-refractivity contribution in [3.8, 4) is 5.75 Å². The molecular weight excluding hydrogens is 404 g/mol. The minimum Gasteiger partial charge on any atom is -0.494 e. The SMILES string of the molecule is CCOc1cccc(N2C(=O)C(c3ccc(C)c(C)c3)=C(N3CCCC(CO)C3)C2=O)c1. The largest absolute Gasteiger partial charge is 0.494 e. The lowest BCUT2D eigenvalue weighted by Gasteiger charge is -2.34. The van der Waals surface area contributed by atoms with Crippen LogP contribution in [0.25, 0.3) is 5.57 Å². The third kappa shape index (κ3) is 4.02. The molecule has 0 saturated carbocycles. The average Bonchev–Trinajstić information content (AvgIpc) is 3.06. The molecule has 1 fully saturated rings. The van der Waals surface area contributed by atoms with Crippen LogP contribution >= 0.6 is 0 Å². The van der Waals surface area contributed by atoms with Gasteiger partial charge in [0.25, 0.3) is 11.8 Å². The van der Waals surface area contributed by atoms with Crippen LogP contribution in [0.2, 0.25) is 0 Å². The van der Waals surface area contributed by atoms with E-state index in [0.29, 0.717) is 42.4 Å². The molecule has 0 radical (unpaired) electrons. The number of rotatable bonds is 6. The number of carbonyl (C=O) groups excluding carboxylic acids is 2. The summed E-state index contributed by atoms with van der Waals surface area (Å²) in [4.78, 5) is 30.7. The fraction of sp³-hybridized carbons (Fsp3) is 0.385. The number of anilines is 1. The number of aryl methyl sites for hydroxylation is 2. The van der Waals surface area contributed by atoms with Gasteiger partial charge in [-0.05, 0) is 68.4 Å². The molecule has 0 spiro atoms. The predicted molar refractivity (Wildman–Crippen MR) is 124 cm³/mol. The molecule has 1 atom stereocenters. The van der Waals surface area contributed by atoms with Crippen LogP contribution in [0, 0.1) is 19.8 Å². The summed E-state index contributed by atoms with van der Waals surface area (Å²) in [7, 11) is 0. The number of hydrogen-bond acceptors (Lipinski definition) is 5. The minimum atomic E-state index is -0.326. The summed E-state index contributed by atoms with van der Waals surface area (Å²) in [6.45, 7) is 7.75. The lowest BCUT2D eigenvalue weighted by Crippen LogP contribution is -2.40. The van der Waals surface area contributed by atoms with E-state index in [1.165, 1.54) is 4.90 Å². The van der Waals surface area contributed by atoms with Crippen LogP contribution in [0.15, 0.2) is 48.2 Å². The number of hydrogen-bond donors (Lipinski definition) is 1. The van der Waals surface area contributed by atoms with Crippen LogP contribution in [0.1, 0.15) is 36.5 Å². The Morgan fingerprint density at radius 2 is 1.88 bits per heavy atom. The highest BCUT2D eigenvalue weighted by Crippen LogP contribution is 2.37. The maximum atomic E-state index is 13.7. The smallest absolute Gasteiger partial charge is 0.282 e. The van der Waals surface area contributed by atoms with Gasteiger partial charge in [0.2, 0.25) is 0 Å². The van der Waals surface area contributed by atoms with E-state index in [0.717, 1.165) is 29.5 Å². The number of amides is 2. The monoisotopic (exact) mass is 434 g/mol. The van der Waals surface area contributed by atoms with Crippen LogP contribution in [0.4, 0.5) is 5.69 Å². The van der Waals surface area contributed by atoms with E-state index in [1.807, 2.05) is 49.9 Å². The Hall–Kier alpha value is -3.12. The van der Waals surface area contributed by atoms with Gasteiger partial charge in [-0.2, -0.15) is 0 Å². The Morgan fingerprint density at radius 3 is 2.59 bits per heavy atom. The standard InChI is InChI=1S/C26H30N2O4/c1-4-32-22-9-5-8-21(14-22)28-25(30)23(20-11-10-17(2)18(3)13-20)24(26(28)31)27-12-6-7-19(15-27)16-29/h5,8-11,13-14,19,29H,4,6-7,12,15-16H2,1-3H3. The van der Waals surface area contributed by atoms with Gasteiger partial charge >= 0.3 is 0 Å². The first-order valence-electron chi connectivity index (χ1n) is 11.2. The molecule has 4 rings (SSSR count). The molecule has 0 aromatic heterocycles. The molecule has 2 aromatic carbocycles. The van der Waals surface area contributed by atoms with Crippen molar-refractivity contribution >= 4 is 23.1 Å². The zero-order chi connectivity index (χ0) is 22.8. The number of imide groups is 1. The van der Waals surface area contributed by atoms with Crippen LogP contribution in [0.3, 0.4) is 0 Å². The van der Waals surface area contributed by atoms with Crippen molar-refractivity contribution in [1.29, 1.82) is 0 Å². The predicted octanol–water partition coefficient (Wildman–Crippen LogP) is 3.69. The van der Waals surface area contributed by atoms with Crippen molar-refractivity contribution < 1.29 is 19.4 Å². The van der Waals surface area contributed by atoms with Gasteiger partial charge in [0.1, 0.15) is 11.4 Å². The first-order valence-corrected chi connectivity index (χ1v) is 11.2. The third-order valence-electron chi connectivity index (χ3n) is 6.34. The van der Waals surface area contributed by atoms with Gasteiger partial charge in [-0.15, -0.1) is 0 Å². The maximum absolute atomic E-state index is 13.7. The normalized spacial score (nSPS) is 19.2. The summed E-state index contributed by atoms with van der Waals surface area (Å²) in [5, 5.41) is 9.71. The number of aliphatic hydroxyl groups is 1. The van der Waals surface area contributed by atoms with Crippen molar-refractivity contribution in [1.82, 2.24) is 4.90 Å². The van der Waals surface area contributed by atoms with E-state index in [2.05, 4.69) is 0 Å². The van der Waals surface area contributed by atoms with Crippen LogP contribution < -0.4 is 9.64 Å². The Kier molecular flexibility index (Phi) is 6.33. The van der Waals surface area contributed by atoms with Gasteiger partial charge in [-0.25, -0.2) is 4.90 Å². The van der Waals surface area contributed by atoms with Gasteiger partial charge < -0.3 is 14.7 Å². The van der Waals surface area contributed by atoms with Crippen LogP contribution in [0.5, 0.6) is 5.75 Å². The number of ether oxygens (including phenoxy) is 1. The molecule has 1 saturated heterocycles. The first kappa shape index (κ1) is 22.1. The summed E-state index contributed by atoms with van der Waals surface area (Å²) in [6, 6.07) is 13.0. The molecule has 0 bridgehead atoms. The molecule has 2 aliphatic heterocycles. The second-order valence-corrected chi connectivity index (χ2v) is 8.54. The van der Waals surface area contributed by atoms with Gasteiger partial charge in [0.05, 0.1) is 17.9 Å². The zero-order valence-electron chi connectivity index (χ0n) is 18.9. The molecule has 2 aliphatic rings. The third-order valence-corrected chi connectivity index (χ3v) is 6.34. The van der Waals surface area contributed by atoms with E-state index in [1.54, 1.807) is 18.2 Å². The van der Waals surface area contributed by atoms with E-state index < -0.39 is 0 Å². The summed E-state index contributed by atoms with van der Waals surface area (Å²) in [6.07, 6.45) is 1.79. The van der Waals surface area contributed by atoms with Crippen LogP contribution in [-0.4, -0.2) is 48.1 Å². The summed E-state index contributed by atoms with van der Waals surface area (Å²) in [5.74, 6) is 0.0593. The molecule has 6 nitrogen and oxygen atoms in total. The van der Waals surface area contributed by atoms with Crippen molar-refractivity contribution in [3.63, 3.8) is 0 Å². The van der Waals surface area contributed by atoms with Crippen LogP contribution in [-0.2, 0) is 9.59 Å². The highest BCUT2D eigenvalue weighted by Gasteiger charge is 2.43. The van der Waals surface area contributed by atoms with Gasteiger partial charge in [-0.3, -0.25) is 9.59 Å². The first-order chi connectivity index (χ1) is 15.4. The van der Waals surface area contributed by atoms with Crippen molar-refractivity contribution in [2.75, 3.05) is 31.2 Å². The van der Waals surface area contributed by atoms with Crippen molar-refractivity contribution in [2.45, 2.75) is 33.6 Å². The number of benzene rings is 2. The lowest BCUT2D eigenvalue weighted by atomic mass is 9.96. The lowest BCUT2D eigenvalue weighted by molar-refractivity contribution is -0.120. The Morgan fingerprint density at radius 1 is 1.06 bits per heavy atom. The molecule has 1 N–H and O–H groups in total. The number of likely N-dealkylation sites (tertiary alicyclic amines) is 1. The van der Waals surface area contributed by atoms with E-state index in [9.17, 15) is 14.7 Å².